The van der Waals surface area contributed by atoms with Crippen LogP contribution < -0.4 is 5.32 Å². The Hall–Kier alpha value is -0.840. The van der Waals surface area contributed by atoms with Crippen LogP contribution in [0.2, 0.25) is 0 Å². The summed E-state index contributed by atoms with van der Waals surface area (Å²) in [5.41, 5.74) is 0. The van der Waals surface area contributed by atoms with Gasteiger partial charge in [-0.3, -0.25) is 4.79 Å². The lowest BCUT2D eigenvalue weighted by Crippen LogP contribution is -2.33. The number of halogens is 2. The summed E-state index contributed by atoms with van der Waals surface area (Å²) in [4.78, 5) is 11.2. The van der Waals surface area contributed by atoms with E-state index < -0.39 is 18.6 Å². The molecule has 1 aromatic rings. The maximum atomic E-state index is 12.0. The monoisotopic (exact) mass is 249 g/mol. The van der Waals surface area contributed by atoms with Gasteiger partial charge in [0.05, 0.1) is 6.04 Å². The second-order valence-corrected chi connectivity index (χ2v) is 3.41. The summed E-state index contributed by atoms with van der Waals surface area (Å²) in [6.45, 7) is 0.990. The molecule has 5 heteroatoms. The number of carbonyl (C=O) groups is 1. The van der Waals surface area contributed by atoms with Gasteiger partial charge in [-0.1, -0.05) is 0 Å². The summed E-state index contributed by atoms with van der Waals surface area (Å²) in [6.07, 6.45) is 0. The molecule has 0 saturated carbocycles. The zero-order chi connectivity index (χ0) is 9.84. The zero-order valence-corrected chi connectivity index (χ0v) is 8.60. The number of alkyl halides is 1. The van der Waals surface area contributed by atoms with Gasteiger partial charge in [0.2, 0.25) is 0 Å². The molecule has 1 amide bonds. The Kier molecular flexibility index (Phi) is 3.48. The Bertz CT molecular complexity index is 300. The lowest BCUT2D eigenvalue weighted by atomic mass is 10.3. The van der Waals surface area contributed by atoms with E-state index >= 15 is 0 Å². The minimum Gasteiger partial charge on any atom is -0.444 e. The van der Waals surface area contributed by atoms with Crippen molar-refractivity contribution in [3.8, 4) is 0 Å². The minimum atomic E-state index is -0.590. The highest BCUT2D eigenvalue weighted by atomic mass is 79.9. The van der Waals surface area contributed by atoms with Crippen LogP contribution in [0.15, 0.2) is 21.2 Å². The molecule has 3 nitrogen and oxygen atoms in total. The number of rotatable bonds is 3. The van der Waals surface area contributed by atoms with Gasteiger partial charge in [0, 0.05) is 0 Å². The Balaban J connectivity index is 2.58. The van der Waals surface area contributed by atoms with Gasteiger partial charge in [0.1, 0.15) is 6.67 Å². The van der Waals surface area contributed by atoms with Gasteiger partial charge in [-0.25, -0.2) is 4.39 Å². The van der Waals surface area contributed by atoms with Crippen LogP contribution in [0.3, 0.4) is 0 Å². The topological polar surface area (TPSA) is 42.2 Å². The molecule has 0 aliphatic rings. The van der Waals surface area contributed by atoms with E-state index in [1.807, 2.05) is 0 Å². The normalized spacial score (nSPS) is 12.5. The van der Waals surface area contributed by atoms with Crippen molar-refractivity contribution in [2.45, 2.75) is 13.0 Å². The van der Waals surface area contributed by atoms with Crippen LogP contribution in [0.5, 0.6) is 0 Å². The molecule has 13 heavy (non-hydrogen) atoms. The highest BCUT2D eigenvalue weighted by Gasteiger charge is 2.12. The Labute approximate surface area is 83.4 Å². The van der Waals surface area contributed by atoms with Crippen LogP contribution in [-0.2, 0) is 0 Å². The van der Waals surface area contributed by atoms with Gasteiger partial charge < -0.3 is 9.73 Å². The highest BCUT2D eigenvalue weighted by Crippen LogP contribution is 2.13. The zero-order valence-electron chi connectivity index (χ0n) is 7.01. The maximum absolute atomic E-state index is 12.0. The first-order valence-corrected chi connectivity index (χ1v) is 4.55. The predicted molar refractivity (Wildman–Crippen MR) is 49.3 cm³/mol. The Morgan fingerprint density at radius 3 is 2.92 bits per heavy atom. The van der Waals surface area contributed by atoms with Crippen molar-refractivity contribution < 1.29 is 13.6 Å². The molecule has 0 fully saturated rings. The summed E-state index contributed by atoms with van der Waals surface area (Å²) in [7, 11) is 0. The second-order valence-electron chi connectivity index (χ2n) is 2.63. The standard InChI is InChI=1S/C8H9BrFNO2/c1-5(4-10)11-8(12)6-2-3-7(9)13-6/h2-3,5H,4H2,1H3,(H,11,12). The van der Waals surface area contributed by atoms with Crippen LogP contribution in [0.1, 0.15) is 17.5 Å². The van der Waals surface area contributed by atoms with Gasteiger partial charge in [0.25, 0.3) is 5.91 Å². The van der Waals surface area contributed by atoms with Gasteiger partial charge in [0.15, 0.2) is 10.4 Å². The summed E-state index contributed by atoms with van der Waals surface area (Å²) >= 11 is 3.06. The van der Waals surface area contributed by atoms with Gasteiger partial charge in [-0.15, -0.1) is 0 Å². The number of hydrogen-bond acceptors (Lipinski definition) is 2. The average Bonchev–Trinajstić information content (AvgIpc) is 2.51. The summed E-state index contributed by atoms with van der Waals surface area (Å²) in [6, 6.07) is 2.63. The predicted octanol–water partition coefficient (Wildman–Crippen LogP) is 2.13. The molecule has 1 aromatic heterocycles. The fourth-order valence-corrected chi connectivity index (χ4v) is 1.08. The Morgan fingerprint density at radius 1 is 1.77 bits per heavy atom. The van der Waals surface area contributed by atoms with E-state index in [2.05, 4.69) is 21.2 Å². The third kappa shape index (κ3) is 2.84. The highest BCUT2D eigenvalue weighted by molar-refractivity contribution is 9.10. The van der Waals surface area contributed by atoms with Crippen molar-refractivity contribution in [1.29, 1.82) is 0 Å². The van der Waals surface area contributed by atoms with Crippen molar-refractivity contribution in [2.75, 3.05) is 6.67 Å². The lowest BCUT2D eigenvalue weighted by Gasteiger charge is -2.07. The summed E-state index contributed by atoms with van der Waals surface area (Å²) in [5.74, 6) is -0.233. The molecule has 0 saturated heterocycles. The quantitative estimate of drug-likeness (QED) is 0.892. The van der Waals surface area contributed by atoms with Crippen molar-refractivity contribution in [3.05, 3.63) is 22.6 Å². The van der Waals surface area contributed by atoms with E-state index in [1.54, 1.807) is 13.0 Å². The largest absolute Gasteiger partial charge is 0.444 e. The van der Waals surface area contributed by atoms with Crippen molar-refractivity contribution in [2.24, 2.45) is 0 Å². The first-order chi connectivity index (χ1) is 6.13. The second kappa shape index (κ2) is 4.41. The fourth-order valence-electron chi connectivity index (χ4n) is 0.770. The molecule has 0 bridgehead atoms. The van der Waals surface area contributed by atoms with Crippen molar-refractivity contribution >= 4 is 21.8 Å². The van der Waals surface area contributed by atoms with Crippen LogP contribution in [0, 0.1) is 0 Å². The molecule has 1 N–H and O–H groups in total. The smallest absolute Gasteiger partial charge is 0.287 e. The molecular weight excluding hydrogens is 241 g/mol. The van der Waals surface area contributed by atoms with E-state index in [0.29, 0.717) is 4.67 Å². The molecule has 1 rings (SSSR count). The molecule has 1 unspecified atom stereocenters. The van der Waals surface area contributed by atoms with Crippen LogP contribution in [0.4, 0.5) is 4.39 Å². The third-order valence-corrected chi connectivity index (χ3v) is 1.83. The third-order valence-electron chi connectivity index (χ3n) is 1.41. The molecule has 1 heterocycles. The fraction of sp³-hybridized carbons (Fsp3) is 0.375. The van der Waals surface area contributed by atoms with E-state index in [0.717, 1.165) is 0 Å². The molecule has 0 aliphatic heterocycles. The first kappa shape index (κ1) is 10.2. The summed E-state index contributed by atoms with van der Waals surface area (Å²) < 4.78 is 17.5. The number of amides is 1. The van der Waals surface area contributed by atoms with Crippen molar-refractivity contribution in [1.82, 2.24) is 5.32 Å². The molecule has 0 spiro atoms. The number of carbonyl (C=O) groups excluding carboxylic acids is 1. The lowest BCUT2D eigenvalue weighted by molar-refractivity contribution is 0.0905. The van der Waals surface area contributed by atoms with E-state index in [9.17, 15) is 9.18 Å². The molecule has 1 atom stereocenters. The average molecular weight is 250 g/mol. The molecule has 0 aromatic carbocycles. The van der Waals surface area contributed by atoms with Crippen LogP contribution >= 0.6 is 15.9 Å². The number of nitrogens with one attached hydrogen (secondary N) is 1. The number of furan rings is 1. The van der Waals surface area contributed by atoms with Gasteiger partial charge in [-0.2, -0.15) is 0 Å². The number of hydrogen-bond donors (Lipinski definition) is 1. The van der Waals surface area contributed by atoms with Crippen LogP contribution in [0.25, 0.3) is 0 Å². The minimum absolute atomic E-state index is 0.173. The molecule has 0 aliphatic carbocycles. The van der Waals surface area contributed by atoms with E-state index in [1.165, 1.54) is 6.07 Å². The van der Waals surface area contributed by atoms with Crippen molar-refractivity contribution in [3.63, 3.8) is 0 Å². The molecular formula is C8H9BrFNO2. The Morgan fingerprint density at radius 2 is 2.46 bits per heavy atom. The first-order valence-electron chi connectivity index (χ1n) is 3.75. The van der Waals surface area contributed by atoms with Gasteiger partial charge in [-0.05, 0) is 35.0 Å². The molecule has 72 valence electrons. The SMILES string of the molecule is CC(CF)NC(=O)c1ccc(Br)o1. The maximum Gasteiger partial charge on any atom is 0.287 e. The molecule has 0 radical (unpaired) electrons. The van der Waals surface area contributed by atoms with Gasteiger partial charge >= 0.3 is 0 Å². The van der Waals surface area contributed by atoms with E-state index in [-0.39, 0.29) is 5.76 Å². The van der Waals surface area contributed by atoms with Crippen LogP contribution in [-0.4, -0.2) is 18.6 Å². The van der Waals surface area contributed by atoms with E-state index in [4.69, 9.17) is 4.42 Å². The summed E-state index contributed by atoms with van der Waals surface area (Å²) in [5, 5.41) is 2.43.